The summed E-state index contributed by atoms with van der Waals surface area (Å²) in [7, 11) is 1.66. The average Bonchev–Trinajstić information content (AvgIpc) is 3.01. The van der Waals surface area contributed by atoms with Crippen LogP contribution in [0.25, 0.3) is 11.1 Å². The normalized spacial score (nSPS) is 18.1. The first-order valence-electron chi connectivity index (χ1n) is 6.78. The Morgan fingerprint density at radius 2 is 2.30 bits per heavy atom. The Morgan fingerprint density at radius 1 is 1.40 bits per heavy atom. The molecule has 20 heavy (non-hydrogen) atoms. The zero-order valence-corrected chi connectivity index (χ0v) is 11.5. The summed E-state index contributed by atoms with van der Waals surface area (Å²) in [5, 5.41) is 3.46. The van der Waals surface area contributed by atoms with E-state index in [1.54, 1.807) is 13.3 Å². The van der Waals surface area contributed by atoms with Crippen LogP contribution in [0.4, 0.5) is 5.95 Å². The number of anilines is 1. The molecule has 0 radical (unpaired) electrons. The van der Waals surface area contributed by atoms with Gasteiger partial charge in [-0.05, 0) is 37.1 Å². The molecule has 1 fully saturated rings. The number of rotatable bonds is 3. The Bertz CT molecular complexity index is 609. The van der Waals surface area contributed by atoms with E-state index in [-0.39, 0.29) is 6.04 Å². The highest BCUT2D eigenvalue weighted by molar-refractivity contribution is 5.67. The van der Waals surface area contributed by atoms with Crippen LogP contribution in [0.3, 0.4) is 0 Å². The highest BCUT2D eigenvalue weighted by Crippen LogP contribution is 2.32. The molecule has 0 bridgehead atoms. The number of aromatic nitrogens is 2. The molecule has 1 aliphatic heterocycles. The minimum atomic E-state index is 0.251. The summed E-state index contributed by atoms with van der Waals surface area (Å²) >= 11 is 0. The van der Waals surface area contributed by atoms with Crippen LogP contribution in [0, 0.1) is 0 Å². The smallest absolute Gasteiger partial charge is 0.220 e. The van der Waals surface area contributed by atoms with Gasteiger partial charge in [0.05, 0.1) is 18.8 Å². The van der Waals surface area contributed by atoms with Gasteiger partial charge in [-0.1, -0.05) is 12.1 Å². The largest absolute Gasteiger partial charge is 0.497 e. The lowest BCUT2D eigenvalue weighted by Crippen LogP contribution is -2.16. The Balaban J connectivity index is 2.07. The van der Waals surface area contributed by atoms with Crippen LogP contribution in [-0.4, -0.2) is 23.6 Å². The molecule has 0 saturated carbocycles. The number of ether oxygens (including phenoxy) is 1. The van der Waals surface area contributed by atoms with Crippen molar-refractivity contribution in [3.63, 3.8) is 0 Å². The maximum Gasteiger partial charge on any atom is 0.220 e. The lowest BCUT2D eigenvalue weighted by Gasteiger charge is -2.15. The molecular formula is C15H18N4O. The van der Waals surface area contributed by atoms with Crippen LogP contribution in [0.15, 0.2) is 30.5 Å². The van der Waals surface area contributed by atoms with Gasteiger partial charge in [0.15, 0.2) is 0 Å². The third-order valence-corrected chi connectivity index (χ3v) is 3.61. The van der Waals surface area contributed by atoms with Crippen LogP contribution in [0.5, 0.6) is 5.75 Å². The van der Waals surface area contributed by atoms with Gasteiger partial charge in [0.25, 0.3) is 0 Å². The van der Waals surface area contributed by atoms with Gasteiger partial charge in [-0.3, -0.25) is 0 Å². The molecule has 1 aliphatic rings. The van der Waals surface area contributed by atoms with Crippen molar-refractivity contribution in [2.45, 2.75) is 18.9 Å². The summed E-state index contributed by atoms with van der Waals surface area (Å²) in [6.45, 7) is 1.02. The van der Waals surface area contributed by atoms with Crippen LogP contribution in [-0.2, 0) is 0 Å². The van der Waals surface area contributed by atoms with Gasteiger partial charge < -0.3 is 15.8 Å². The van der Waals surface area contributed by atoms with Crippen LogP contribution >= 0.6 is 0 Å². The molecule has 0 amide bonds. The predicted molar refractivity (Wildman–Crippen MR) is 78.4 cm³/mol. The monoisotopic (exact) mass is 270 g/mol. The highest BCUT2D eigenvalue weighted by atomic mass is 16.5. The summed E-state index contributed by atoms with van der Waals surface area (Å²) in [5.41, 5.74) is 8.79. The fourth-order valence-electron chi connectivity index (χ4n) is 2.61. The summed E-state index contributed by atoms with van der Waals surface area (Å²) in [6.07, 6.45) is 4.03. The van der Waals surface area contributed by atoms with Crippen molar-refractivity contribution in [2.75, 3.05) is 19.4 Å². The molecule has 1 atom stereocenters. The van der Waals surface area contributed by atoms with Gasteiger partial charge in [-0.15, -0.1) is 0 Å². The molecule has 3 rings (SSSR count). The minimum absolute atomic E-state index is 0.251. The molecule has 2 aromatic rings. The number of benzene rings is 1. The zero-order chi connectivity index (χ0) is 13.9. The number of hydrogen-bond donors (Lipinski definition) is 2. The van der Waals surface area contributed by atoms with Crippen molar-refractivity contribution in [1.82, 2.24) is 15.3 Å². The topological polar surface area (TPSA) is 73.1 Å². The molecule has 1 aromatic heterocycles. The quantitative estimate of drug-likeness (QED) is 0.894. The molecule has 0 spiro atoms. The second-order valence-corrected chi connectivity index (χ2v) is 4.91. The second kappa shape index (κ2) is 5.46. The van der Waals surface area contributed by atoms with E-state index in [0.29, 0.717) is 5.95 Å². The van der Waals surface area contributed by atoms with Crippen molar-refractivity contribution in [3.05, 3.63) is 36.2 Å². The Kier molecular flexibility index (Phi) is 3.52. The first-order chi connectivity index (χ1) is 9.78. The molecule has 5 nitrogen and oxygen atoms in total. The van der Waals surface area contributed by atoms with E-state index in [0.717, 1.165) is 42.0 Å². The van der Waals surface area contributed by atoms with E-state index in [1.807, 2.05) is 24.3 Å². The summed E-state index contributed by atoms with van der Waals surface area (Å²) in [5.74, 6) is 1.14. The Hall–Kier alpha value is -2.14. The van der Waals surface area contributed by atoms with Gasteiger partial charge in [-0.2, -0.15) is 0 Å². The van der Waals surface area contributed by atoms with Crippen LogP contribution < -0.4 is 15.8 Å². The summed E-state index contributed by atoms with van der Waals surface area (Å²) < 4.78 is 5.28. The maximum atomic E-state index is 5.75. The first-order valence-corrected chi connectivity index (χ1v) is 6.78. The van der Waals surface area contributed by atoms with Crippen molar-refractivity contribution < 1.29 is 4.74 Å². The standard InChI is InChI=1S/C15H18N4O/c1-20-11-5-2-4-10(8-11)12-9-18-15(16)19-14(12)13-6-3-7-17-13/h2,4-5,8-9,13,17H,3,6-7H2,1H3,(H2,16,18,19). The number of nitrogens with one attached hydrogen (secondary N) is 1. The molecule has 1 unspecified atom stereocenters. The van der Waals surface area contributed by atoms with E-state index in [9.17, 15) is 0 Å². The van der Waals surface area contributed by atoms with E-state index in [2.05, 4.69) is 15.3 Å². The molecule has 104 valence electrons. The third kappa shape index (κ3) is 2.44. The van der Waals surface area contributed by atoms with Crippen LogP contribution in [0.1, 0.15) is 24.6 Å². The van der Waals surface area contributed by atoms with E-state index >= 15 is 0 Å². The lowest BCUT2D eigenvalue weighted by molar-refractivity contribution is 0.415. The fraction of sp³-hybridized carbons (Fsp3) is 0.333. The van der Waals surface area contributed by atoms with Crippen molar-refractivity contribution in [3.8, 4) is 16.9 Å². The number of methoxy groups -OCH3 is 1. The predicted octanol–water partition coefficient (Wildman–Crippen LogP) is 2.16. The van der Waals surface area contributed by atoms with Crippen molar-refractivity contribution in [2.24, 2.45) is 0 Å². The fourth-order valence-corrected chi connectivity index (χ4v) is 2.61. The summed E-state index contributed by atoms with van der Waals surface area (Å²) in [4.78, 5) is 8.59. The van der Waals surface area contributed by atoms with Gasteiger partial charge in [0.2, 0.25) is 5.95 Å². The van der Waals surface area contributed by atoms with Gasteiger partial charge in [-0.25, -0.2) is 9.97 Å². The molecule has 0 aliphatic carbocycles. The Morgan fingerprint density at radius 3 is 3.05 bits per heavy atom. The van der Waals surface area contributed by atoms with E-state index in [4.69, 9.17) is 10.5 Å². The molecular weight excluding hydrogens is 252 g/mol. The van der Waals surface area contributed by atoms with Crippen molar-refractivity contribution >= 4 is 5.95 Å². The van der Waals surface area contributed by atoms with Gasteiger partial charge in [0, 0.05) is 11.8 Å². The van der Waals surface area contributed by atoms with Gasteiger partial charge in [0.1, 0.15) is 5.75 Å². The second-order valence-electron chi connectivity index (χ2n) is 4.91. The number of nitrogen functional groups attached to an aromatic ring is 1. The maximum absolute atomic E-state index is 5.75. The minimum Gasteiger partial charge on any atom is -0.497 e. The van der Waals surface area contributed by atoms with E-state index in [1.165, 1.54) is 0 Å². The summed E-state index contributed by atoms with van der Waals surface area (Å²) in [6, 6.07) is 8.18. The zero-order valence-electron chi connectivity index (χ0n) is 11.5. The number of nitrogens with zero attached hydrogens (tertiary/aromatic N) is 2. The number of hydrogen-bond acceptors (Lipinski definition) is 5. The molecule has 1 saturated heterocycles. The molecule has 2 heterocycles. The van der Waals surface area contributed by atoms with Crippen LogP contribution in [0.2, 0.25) is 0 Å². The van der Waals surface area contributed by atoms with Crippen molar-refractivity contribution in [1.29, 1.82) is 0 Å². The highest BCUT2D eigenvalue weighted by Gasteiger charge is 2.22. The molecule has 3 N–H and O–H groups in total. The van der Waals surface area contributed by atoms with E-state index < -0.39 is 0 Å². The first kappa shape index (κ1) is 12.9. The number of nitrogens with two attached hydrogens (primary N) is 1. The average molecular weight is 270 g/mol. The lowest BCUT2D eigenvalue weighted by atomic mass is 10.0. The molecule has 5 heteroatoms. The molecule has 1 aromatic carbocycles. The Labute approximate surface area is 118 Å². The van der Waals surface area contributed by atoms with Gasteiger partial charge >= 0.3 is 0 Å². The SMILES string of the molecule is COc1cccc(-c2cnc(N)nc2C2CCCN2)c1. The third-order valence-electron chi connectivity index (χ3n) is 3.61.